The van der Waals surface area contributed by atoms with Gasteiger partial charge in [0.05, 0.1) is 5.69 Å². The van der Waals surface area contributed by atoms with Gasteiger partial charge < -0.3 is 4.90 Å². The predicted molar refractivity (Wildman–Crippen MR) is 208 cm³/mol. The molecule has 0 aliphatic rings. The fourth-order valence-corrected chi connectivity index (χ4v) is 8.04. The van der Waals surface area contributed by atoms with E-state index in [9.17, 15) is 0 Å². The first-order valence-electron chi connectivity index (χ1n) is 16.3. The van der Waals surface area contributed by atoms with Gasteiger partial charge in [-0.2, -0.15) is 0 Å². The van der Waals surface area contributed by atoms with Crippen molar-refractivity contribution < 1.29 is 0 Å². The largest absolute Gasteiger partial charge is 0.310 e. The van der Waals surface area contributed by atoms with Crippen molar-refractivity contribution in [1.29, 1.82) is 0 Å². The number of hydrogen-bond donors (Lipinski definition) is 0. The first-order chi connectivity index (χ1) is 23.8. The third-order valence-corrected chi connectivity index (χ3v) is 10.4. The molecular formula is C46H31NS. The van der Waals surface area contributed by atoms with Gasteiger partial charge in [-0.05, 0) is 87.1 Å². The quantitative estimate of drug-likeness (QED) is 0.177. The van der Waals surface area contributed by atoms with Crippen molar-refractivity contribution >= 4 is 59.3 Å². The summed E-state index contributed by atoms with van der Waals surface area (Å²) in [5.74, 6) is 0. The summed E-state index contributed by atoms with van der Waals surface area (Å²) in [6, 6.07) is 68.2. The molecule has 0 saturated heterocycles. The molecule has 0 radical (unpaired) electrons. The highest BCUT2D eigenvalue weighted by Gasteiger charge is 2.19. The van der Waals surface area contributed by atoms with E-state index in [2.05, 4.69) is 193 Å². The molecule has 9 aromatic rings. The van der Waals surface area contributed by atoms with Crippen LogP contribution in [0, 0.1) is 0 Å². The number of fused-ring (bicyclic) bond motifs is 4. The summed E-state index contributed by atoms with van der Waals surface area (Å²) in [6.07, 6.45) is 0. The van der Waals surface area contributed by atoms with Crippen LogP contribution < -0.4 is 4.90 Å². The second-order valence-electron chi connectivity index (χ2n) is 12.2. The first-order valence-corrected chi connectivity index (χ1v) is 17.2. The van der Waals surface area contributed by atoms with Crippen molar-refractivity contribution in [2.75, 3.05) is 4.90 Å². The van der Waals surface area contributed by atoms with Crippen LogP contribution in [0.15, 0.2) is 188 Å². The van der Waals surface area contributed by atoms with E-state index in [4.69, 9.17) is 0 Å². The molecular weight excluding hydrogens is 599 g/mol. The van der Waals surface area contributed by atoms with Gasteiger partial charge in [0.1, 0.15) is 0 Å². The maximum atomic E-state index is 2.42. The minimum atomic E-state index is 1.12. The van der Waals surface area contributed by atoms with E-state index in [0.29, 0.717) is 0 Å². The van der Waals surface area contributed by atoms with Crippen LogP contribution in [0.25, 0.3) is 64.3 Å². The third kappa shape index (κ3) is 5.04. The Morgan fingerprint density at radius 3 is 1.79 bits per heavy atom. The first kappa shape index (κ1) is 28.3. The van der Waals surface area contributed by atoms with Crippen LogP contribution in [0.1, 0.15) is 0 Å². The van der Waals surface area contributed by atoms with E-state index >= 15 is 0 Å². The lowest BCUT2D eigenvalue weighted by atomic mass is 9.94. The summed E-state index contributed by atoms with van der Waals surface area (Å²) in [5, 5.41) is 5.10. The molecule has 1 nitrogen and oxygen atoms in total. The Morgan fingerprint density at radius 2 is 0.917 bits per heavy atom. The lowest BCUT2D eigenvalue weighted by Crippen LogP contribution is -2.11. The SMILES string of the molecule is c1ccc(-c2ccc(N(c3ccc4sc5ccccc5c4c3)c3ccccc3-c3cccc(-c4cccc5ccccc45)c3)cc2)cc1. The minimum absolute atomic E-state index is 1.12. The van der Waals surface area contributed by atoms with Gasteiger partial charge in [-0.25, -0.2) is 0 Å². The van der Waals surface area contributed by atoms with E-state index in [1.807, 2.05) is 11.3 Å². The fourth-order valence-electron chi connectivity index (χ4n) is 6.96. The zero-order chi connectivity index (χ0) is 31.9. The van der Waals surface area contributed by atoms with Gasteiger partial charge in [0, 0.05) is 37.1 Å². The number of anilines is 3. The average molecular weight is 630 g/mol. The molecule has 0 N–H and O–H groups in total. The van der Waals surface area contributed by atoms with Crippen LogP contribution in [0.4, 0.5) is 17.1 Å². The second kappa shape index (κ2) is 12.0. The topological polar surface area (TPSA) is 3.24 Å². The number of benzene rings is 8. The van der Waals surface area contributed by atoms with Gasteiger partial charge in [0.2, 0.25) is 0 Å². The second-order valence-corrected chi connectivity index (χ2v) is 13.2. The number of para-hydroxylation sites is 1. The van der Waals surface area contributed by atoms with E-state index < -0.39 is 0 Å². The third-order valence-electron chi connectivity index (χ3n) is 9.27. The summed E-state index contributed by atoms with van der Waals surface area (Å²) in [7, 11) is 0. The lowest BCUT2D eigenvalue weighted by molar-refractivity contribution is 1.29. The Bertz CT molecular complexity index is 2560. The Labute approximate surface area is 284 Å². The molecule has 0 spiro atoms. The number of thiophene rings is 1. The summed E-state index contributed by atoms with van der Waals surface area (Å²) < 4.78 is 2.62. The maximum Gasteiger partial charge on any atom is 0.0540 e. The van der Waals surface area contributed by atoms with Crippen LogP contribution in [-0.2, 0) is 0 Å². The smallest absolute Gasteiger partial charge is 0.0540 e. The van der Waals surface area contributed by atoms with Crippen molar-refractivity contribution in [2.45, 2.75) is 0 Å². The van der Waals surface area contributed by atoms with Gasteiger partial charge in [0.25, 0.3) is 0 Å². The molecule has 0 amide bonds. The Morgan fingerprint density at radius 1 is 0.333 bits per heavy atom. The lowest BCUT2D eigenvalue weighted by Gasteiger charge is -2.28. The average Bonchev–Trinajstić information content (AvgIpc) is 3.54. The van der Waals surface area contributed by atoms with Crippen LogP contribution in [0.2, 0.25) is 0 Å². The maximum absolute atomic E-state index is 2.42. The number of nitrogens with zero attached hydrogens (tertiary/aromatic N) is 1. The van der Waals surface area contributed by atoms with Crippen molar-refractivity contribution in [3.8, 4) is 33.4 Å². The van der Waals surface area contributed by atoms with Crippen molar-refractivity contribution in [3.05, 3.63) is 188 Å². The fraction of sp³-hybridized carbons (Fsp3) is 0. The van der Waals surface area contributed by atoms with E-state index in [-0.39, 0.29) is 0 Å². The minimum Gasteiger partial charge on any atom is -0.310 e. The molecule has 0 aliphatic heterocycles. The molecule has 0 bridgehead atoms. The van der Waals surface area contributed by atoms with Gasteiger partial charge in [-0.15, -0.1) is 11.3 Å². The number of hydrogen-bond acceptors (Lipinski definition) is 2. The van der Waals surface area contributed by atoms with Crippen molar-refractivity contribution in [2.24, 2.45) is 0 Å². The van der Waals surface area contributed by atoms with Gasteiger partial charge in [0.15, 0.2) is 0 Å². The number of rotatable bonds is 6. The standard InChI is InChI=1S/C46H31NS/c1-2-12-32(13-3-1)33-24-26-37(27-25-33)47(38-28-29-46-43(31-38)42-20-7-9-23-45(42)48-46)44-22-8-6-19-41(44)36-17-10-16-35(30-36)40-21-11-15-34-14-4-5-18-39(34)40/h1-31H. The van der Waals surface area contributed by atoms with E-state index in [1.165, 1.54) is 64.3 Å². The summed E-state index contributed by atoms with van der Waals surface area (Å²) in [5.41, 5.74) is 10.6. The molecule has 0 atom stereocenters. The van der Waals surface area contributed by atoms with Crippen LogP contribution >= 0.6 is 11.3 Å². The molecule has 48 heavy (non-hydrogen) atoms. The summed E-state index contributed by atoms with van der Waals surface area (Å²) in [4.78, 5) is 2.42. The molecule has 9 rings (SSSR count). The van der Waals surface area contributed by atoms with Crippen LogP contribution in [-0.4, -0.2) is 0 Å². The summed E-state index contributed by atoms with van der Waals surface area (Å²) >= 11 is 1.85. The Balaban J connectivity index is 1.22. The molecule has 1 heterocycles. The molecule has 0 aliphatic carbocycles. The van der Waals surface area contributed by atoms with Crippen LogP contribution in [0.5, 0.6) is 0 Å². The highest BCUT2D eigenvalue weighted by Crippen LogP contribution is 2.44. The van der Waals surface area contributed by atoms with Gasteiger partial charge in [-0.3, -0.25) is 0 Å². The van der Waals surface area contributed by atoms with Crippen molar-refractivity contribution in [3.63, 3.8) is 0 Å². The Hall–Kier alpha value is -5.96. The molecule has 2 heteroatoms. The molecule has 8 aromatic carbocycles. The molecule has 0 unspecified atom stereocenters. The van der Waals surface area contributed by atoms with E-state index in [1.54, 1.807) is 0 Å². The molecule has 1 aromatic heterocycles. The van der Waals surface area contributed by atoms with Crippen LogP contribution in [0.3, 0.4) is 0 Å². The van der Waals surface area contributed by atoms with E-state index in [0.717, 1.165) is 17.1 Å². The highest BCUT2D eigenvalue weighted by molar-refractivity contribution is 7.25. The summed E-state index contributed by atoms with van der Waals surface area (Å²) in [6.45, 7) is 0. The molecule has 0 fully saturated rings. The normalized spacial score (nSPS) is 11.3. The zero-order valence-electron chi connectivity index (χ0n) is 26.3. The molecule has 0 saturated carbocycles. The zero-order valence-corrected chi connectivity index (χ0v) is 27.1. The van der Waals surface area contributed by atoms with Gasteiger partial charge >= 0.3 is 0 Å². The monoisotopic (exact) mass is 629 g/mol. The van der Waals surface area contributed by atoms with Crippen molar-refractivity contribution in [1.82, 2.24) is 0 Å². The molecule has 226 valence electrons. The predicted octanol–water partition coefficient (Wildman–Crippen LogP) is 13.7. The van der Waals surface area contributed by atoms with Gasteiger partial charge in [-0.1, -0.05) is 140 Å². The Kier molecular flexibility index (Phi) is 7.07. The highest BCUT2D eigenvalue weighted by atomic mass is 32.1.